The predicted octanol–water partition coefficient (Wildman–Crippen LogP) is 4.26. The van der Waals surface area contributed by atoms with Gasteiger partial charge in [0.2, 0.25) is 0 Å². The number of hydrogen-bond acceptors (Lipinski definition) is 3. The van der Waals surface area contributed by atoms with Gasteiger partial charge in [0.1, 0.15) is 0 Å². The van der Waals surface area contributed by atoms with Crippen molar-refractivity contribution < 1.29 is 4.79 Å². The van der Waals surface area contributed by atoms with Crippen molar-refractivity contribution in [1.29, 1.82) is 0 Å². The molecule has 0 aromatic heterocycles. The van der Waals surface area contributed by atoms with Crippen LogP contribution in [0.4, 0.5) is 11.4 Å². The molecule has 0 radical (unpaired) electrons. The van der Waals surface area contributed by atoms with Gasteiger partial charge >= 0.3 is 0 Å². The van der Waals surface area contributed by atoms with Crippen molar-refractivity contribution in [2.45, 2.75) is 0 Å². The lowest BCUT2D eigenvalue weighted by Gasteiger charge is -2.17. The van der Waals surface area contributed by atoms with Gasteiger partial charge in [0.15, 0.2) is 10.8 Å². The third-order valence-corrected chi connectivity index (χ3v) is 4.63. The van der Waals surface area contributed by atoms with Crippen molar-refractivity contribution in [2.75, 3.05) is 10.3 Å². The zero-order valence-electron chi connectivity index (χ0n) is 15.4. The lowest BCUT2D eigenvalue weighted by atomic mass is 10.1. The van der Waals surface area contributed by atoms with E-state index in [2.05, 4.69) is 10.4 Å². The lowest BCUT2D eigenvalue weighted by molar-refractivity contribution is -0.110. The minimum absolute atomic E-state index is 0.0576. The Balaban J connectivity index is 1.61. The van der Waals surface area contributed by atoms with Crippen LogP contribution in [-0.2, 0) is 4.79 Å². The Morgan fingerprint density at radius 1 is 0.897 bits per heavy atom. The minimum Gasteiger partial charge on any atom is -0.374 e. The topological polar surface area (TPSA) is 70.7 Å². The van der Waals surface area contributed by atoms with Crippen LogP contribution in [0.15, 0.2) is 84.0 Å². The molecule has 1 aliphatic heterocycles. The first-order valence-electron chi connectivity index (χ1n) is 9.04. The molecular formula is C23H18N4OS. The smallest absolute Gasteiger partial charge is 0.276 e. The summed E-state index contributed by atoms with van der Waals surface area (Å²) in [5.74, 6) is -0.283. The summed E-state index contributed by atoms with van der Waals surface area (Å²) >= 11 is 5.17. The van der Waals surface area contributed by atoms with Gasteiger partial charge in [0.25, 0.3) is 5.91 Å². The molecule has 0 aliphatic carbocycles. The molecule has 0 saturated heterocycles. The molecule has 0 unspecified atom stereocenters. The Hall–Kier alpha value is -3.77. The predicted molar refractivity (Wildman–Crippen MR) is 123 cm³/mol. The van der Waals surface area contributed by atoms with Crippen molar-refractivity contribution in [3.05, 3.63) is 95.6 Å². The van der Waals surface area contributed by atoms with Crippen LogP contribution >= 0.6 is 12.2 Å². The number of benzene rings is 3. The van der Waals surface area contributed by atoms with Crippen molar-refractivity contribution in [3.8, 4) is 0 Å². The van der Waals surface area contributed by atoms with Gasteiger partial charge in [-0.05, 0) is 41.5 Å². The van der Waals surface area contributed by atoms with Crippen LogP contribution < -0.4 is 16.1 Å². The largest absolute Gasteiger partial charge is 0.374 e. The second-order valence-electron chi connectivity index (χ2n) is 6.43. The third kappa shape index (κ3) is 4.07. The summed E-state index contributed by atoms with van der Waals surface area (Å²) in [6, 6.07) is 25.1. The molecule has 1 heterocycles. The molecule has 1 aliphatic rings. The van der Waals surface area contributed by atoms with Gasteiger partial charge in [0.05, 0.1) is 11.4 Å². The number of hydrazone groups is 1. The maximum absolute atomic E-state index is 12.3. The molecule has 0 bridgehead atoms. The molecule has 0 atom stereocenters. The van der Waals surface area contributed by atoms with Gasteiger partial charge in [-0.3, -0.25) is 4.79 Å². The highest BCUT2D eigenvalue weighted by Crippen LogP contribution is 2.25. The molecule has 5 nitrogen and oxygen atoms in total. The van der Waals surface area contributed by atoms with Gasteiger partial charge in [-0.2, -0.15) is 5.10 Å². The summed E-state index contributed by atoms with van der Waals surface area (Å²) in [6.45, 7) is 0. The van der Waals surface area contributed by atoms with E-state index in [1.807, 2.05) is 91.0 Å². The van der Waals surface area contributed by atoms with Gasteiger partial charge in [0, 0.05) is 5.56 Å². The van der Waals surface area contributed by atoms with E-state index in [-0.39, 0.29) is 16.7 Å². The van der Waals surface area contributed by atoms with Crippen LogP contribution in [0.25, 0.3) is 12.2 Å². The van der Waals surface area contributed by atoms with E-state index in [4.69, 9.17) is 18.0 Å². The number of anilines is 2. The summed E-state index contributed by atoms with van der Waals surface area (Å²) in [6.07, 6.45) is 4.07. The van der Waals surface area contributed by atoms with E-state index in [9.17, 15) is 4.79 Å². The number of para-hydroxylation sites is 1. The normalized spacial score (nSPS) is 14.1. The molecule has 6 heteroatoms. The van der Waals surface area contributed by atoms with Crippen LogP contribution in [0.1, 0.15) is 16.7 Å². The van der Waals surface area contributed by atoms with Crippen molar-refractivity contribution in [2.24, 2.45) is 10.8 Å². The third-order valence-electron chi connectivity index (χ3n) is 4.46. The first-order valence-corrected chi connectivity index (χ1v) is 9.45. The summed E-state index contributed by atoms with van der Waals surface area (Å²) in [5, 5.41) is 8.70. The van der Waals surface area contributed by atoms with E-state index >= 15 is 0 Å². The SMILES string of the molecule is NC(=S)N(/N=C1\C(=O)Nc2ccccc21)c1ccc(/C=C/c2ccccc2)cc1. The van der Waals surface area contributed by atoms with E-state index in [0.717, 1.165) is 22.4 Å². The summed E-state index contributed by atoms with van der Waals surface area (Å²) in [4.78, 5) is 12.3. The van der Waals surface area contributed by atoms with Crippen LogP contribution in [0.5, 0.6) is 0 Å². The molecule has 3 N–H and O–H groups in total. The van der Waals surface area contributed by atoms with E-state index < -0.39 is 0 Å². The van der Waals surface area contributed by atoms with Crippen LogP contribution in [0.2, 0.25) is 0 Å². The highest BCUT2D eigenvalue weighted by molar-refractivity contribution is 7.80. The number of fused-ring (bicyclic) bond motifs is 1. The molecule has 3 aromatic rings. The molecule has 0 saturated carbocycles. The number of nitrogens with one attached hydrogen (secondary N) is 1. The second-order valence-corrected chi connectivity index (χ2v) is 6.85. The number of carbonyl (C=O) groups is 1. The molecule has 0 spiro atoms. The fraction of sp³-hybridized carbons (Fsp3) is 0. The zero-order valence-corrected chi connectivity index (χ0v) is 16.3. The Morgan fingerprint density at radius 3 is 2.21 bits per heavy atom. The maximum atomic E-state index is 12.3. The molecule has 0 fully saturated rings. The summed E-state index contributed by atoms with van der Waals surface area (Å²) < 4.78 is 0. The second kappa shape index (κ2) is 8.08. The number of thiocarbonyl (C=S) groups is 1. The number of amides is 1. The highest BCUT2D eigenvalue weighted by Gasteiger charge is 2.27. The lowest BCUT2D eigenvalue weighted by Crippen LogP contribution is -2.33. The number of rotatable bonds is 4. The van der Waals surface area contributed by atoms with E-state index in [1.54, 1.807) is 0 Å². The molecule has 4 rings (SSSR count). The molecule has 142 valence electrons. The van der Waals surface area contributed by atoms with Crippen molar-refractivity contribution >= 4 is 52.5 Å². The van der Waals surface area contributed by atoms with Gasteiger partial charge in [-0.1, -0.05) is 72.8 Å². The number of nitrogens with two attached hydrogens (primary N) is 1. The van der Waals surface area contributed by atoms with Gasteiger partial charge in [-0.15, -0.1) is 0 Å². The molecule has 1 amide bonds. The Kier molecular flexibility index (Phi) is 5.18. The van der Waals surface area contributed by atoms with Crippen LogP contribution in [0, 0.1) is 0 Å². The number of carbonyl (C=O) groups excluding carboxylic acids is 1. The molecule has 3 aromatic carbocycles. The molecule has 29 heavy (non-hydrogen) atoms. The van der Waals surface area contributed by atoms with Crippen LogP contribution in [0.3, 0.4) is 0 Å². The fourth-order valence-electron chi connectivity index (χ4n) is 3.02. The first-order chi connectivity index (χ1) is 14.1. The van der Waals surface area contributed by atoms with E-state index in [0.29, 0.717) is 5.69 Å². The number of hydrogen-bond donors (Lipinski definition) is 2. The van der Waals surface area contributed by atoms with Crippen LogP contribution in [-0.4, -0.2) is 16.7 Å². The maximum Gasteiger partial charge on any atom is 0.276 e. The monoisotopic (exact) mass is 398 g/mol. The fourth-order valence-corrected chi connectivity index (χ4v) is 3.17. The summed E-state index contributed by atoms with van der Waals surface area (Å²) in [7, 11) is 0. The summed E-state index contributed by atoms with van der Waals surface area (Å²) in [5.41, 5.74) is 10.4. The minimum atomic E-state index is -0.283. The molecular weight excluding hydrogens is 380 g/mol. The average molecular weight is 398 g/mol. The van der Waals surface area contributed by atoms with Crippen molar-refractivity contribution in [1.82, 2.24) is 0 Å². The highest BCUT2D eigenvalue weighted by atomic mass is 32.1. The van der Waals surface area contributed by atoms with Crippen molar-refractivity contribution in [3.63, 3.8) is 0 Å². The average Bonchev–Trinajstić information content (AvgIpc) is 3.06. The Morgan fingerprint density at radius 2 is 1.52 bits per heavy atom. The number of nitrogens with zero attached hydrogens (tertiary/aromatic N) is 2. The quantitative estimate of drug-likeness (QED) is 0.391. The first kappa shape index (κ1) is 18.6. The van der Waals surface area contributed by atoms with E-state index in [1.165, 1.54) is 5.01 Å². The Labute approximate surface area is 174 Å². The van der Waals surface area contributed by atoms with Gasteiger partial charge < -0.3 is 11.1 Å². The van der Waals surface area contributed by atoms with Gasteiger partial charge in [-0.25, -0.2) is 5.01 Å². The standard InChI is InChI=1S/C23H18N4OS/c24-23(29)27(26-21-19-8-4-5-9-20(19)25-22(21)28)18-14-12-17(13-15-18)11-10-16-6-2-1-3-7-16/h1-15H,(H2,24,29)(H,25,26,28)/b11-10+. The zero-order chi connectivity index (χ0) is 20.2. The Bertz CT molecular complexity index is 1120.